The first-order valence-electron chi connectivity index (χ1n) is 6.86. The Bertz CT molecular complexity index is 659. The fraction of sp³-hybridized carbons (Fsp3) is 0.111. The highest BCUT2D eigenvalue weighted by molar-refractivity contribution is 6.00. The van der Waals surface area contributed by atoms with E-state index in [9.17, 15) is 4.79 Å². The van der Waals surface area contributed by atoms with E-state index in [2.05, 4.69) is 0 Å². The molecule has 0 atom stereocenters. The molecule has 0 radical (unpaired) electrons. The van der Waals surface area contributed by atoms with E-state index >= 15 is 0 Å². The molecule has 0 bridgehead atoms. The summed E-state index contributed by atoms with van der Waals surface area (Å²) in [6, 6.07) is 18.6. The van der Waals surface area contributed by atoms with Gasteiger partial charge in [-0.1, -0.05) is 60.7 Å². The molecule has 0 spiro atoms. The number of carbonyl (C=O) groups is 1. The van der Waals surface area contributed by atoms with E-state index in [4.69, 9.17) is 14.7 Å². The number of hydrogen-bond acceptors (Lipinski definition) is 4. The summed E-state index contributed by atoms with van der Waals surface area (Å²) in [5, 5.41) is 8.88. The molecule has 2 rings (SSSR count). The van der Waals surface area contributed by atoms with Gasteiger partial charge >= 0.3 is 5.97 Å². The minimum Gasteiger partial charge on any atom is -0.460 e. The Kier molecular flexibility index (Phi) is 5.33. The lowest BCUT2D eigenvalue weighted by Crippen LogP contribution is -2.12. The Balaban J connectivity index is 2.67. The van der Waals surface area contributed by atoms with Gasteiger partial charge in [0.15, 0.2) is 0 Å². The quantitative estimate of drug-likeness (QED) is 0.366. The third-order valence-electron chi connectivity index (χ3n) is 2.96. The smallest absolute Gasteiger partial charge is 0.376 e. The van der Waals surface area contributed by atoms with E-state index in [-0.39, 0.29) is 12.4 Å². The molecular formula is C18H15NO3. The minimum atomic E-state index is -0.660. The number of hydrogen-bond donors (Lipinski definition) is 0. The number of esters is 1. The lowest BCUT2D eigenvalue weighted by atomic mass is 9.96. The van der Waals surface area contributed by atoms with Gasteiger partial charge in [-0.15, -0.1) is 5.26 Å². The molecule has 0 saturated heterocycles. The third kappa shape index (κ3) is 3.53. The number of ether oxygens (including phenoxy) is 2. The second kappa shape index (κ2) is 7.65. The molecule has 0 heterocycles. The molecule has 0 amide bonds. The minimum absolute atomic E-state index is 0.109. The number of carbonyl (C=O) groups excluding carboxylic acids is 1. The molecule has 0 aliphatic rings. The molecule has 22 heavy (non-hydrogen) atoms. The van der Waals surface area contributed by atoms with Gasteiger partial charge in [-0.05, 0) is 18.1 Å². The van der Waals surface area contributed by atoms with Crippen LogP contribution in [0.25, 0.3) is 5.57 Å². The highest BCUT2D eigenvalue weighted by Gasteiger charge is 2.22. The van der Waals surface area contributed by atoms with E-state index < -0.39 is 5.97 Å². The molecule has 0 N–H and O–H groups in total. The Morgan fingerprint density at radius 1 is 1.00 bits per heavy atom. The van der Waals surface area contributed by atoms with Crippen molar-refractivity contribution in [2.45, 2.75) is 6.92 Å². The summed E-state index contributed by atoms with van der Waals surface area (Å²) in [5.41, 5.74) is 2.07. The summed E-state index contributed by atoms with van der Waals surface area (Å²) >= 11 is 0. The van der Waals surface area contributed by atoms with Gasteiger partial charge in [0.1, 0.15) is 0 Å². The first-order chi connectivity index (χ1) is 10.8. The van der Waals surface area contributed by atoms with Gasteiger partial charge in [0.25, 0.3) is 6.26 Å². The second-order valence-electron chi connectivity index (χ2n) is 4.35. The molecule has 0 aliphatic carbocycles. The molecule has 0 unspecified atom stereocenters. The molecule has 4 nitrogen and oxygen atoms in total. The summed E-state index contributed by atoms with van der Waals surface area (Å²) in [6.45, 7) is 1.90. The van der Waals surface area contributed by atoms with Crippen molar-refractivity contribution in [1.29, 1.82) is 5.26 Å². The predicted molar refractivity (Wildman–Crippen MR) is 82.2 cm³/mol. The standard InChI is InChI=1S/C18H15NO3/c1-2-21-18(20)17(22-13-19)16(14-9-5-3-6-10-14)15-11-7-4-8-12-15/h3-12H,2H2,1H3. The van der Waals surface area contributed by atoms with Crippen molar-refractivity contribution >= 4 is 11.5 Å². The number of nitrogens with zero attached hydrogens (tertiary/aromatic N) is 1. The van der Waals surface area contributed by atoms with Crippen LogP contribution in [0.15, 0.2) is 66.4 Å². The highest BCUT2D eigenvalue weighted by atomic mass is 16.6. The Morgan fingerprint density at radius 3 is 1.91 bits per heavy atom. The molecular weight excluding hydrogens is 278 g/mol. The monoisotopic (exact) mass is 293 g/mol. The number of rotatable bonds is 5. The molecule has 0 fully saturated rings. The topological polar surface area (TPSA) is 59.3 Å². The lowest BCUT2D eigenvalue weighted by molar-refractivity contribution is -0.141. The van der Waals surface area contributed by atoms with Gasteiger partial charge in [-0.2, -0.15) is 0 Å². The van der Waals surface area contributed by atoms with Crippen molar-refractivity contribution in [1.82, 2.24) is 0 Å². The summed E-state index contributed by atoms with van der Waals surface area (Å²) in [7, 11) is 0. The summed E-state index contributed by atoms with van der Waals surface area (Å²) in [6.07, 6.45) is 1.57. The van der Waals surface area contributed by atoms with Crippen LogP contribution in [0.3, 0.4) is 0 Å². The Labute approximate surface area is 129 Å². The average molecular weight is 293 g/mol. The molecule has 0 aliphatic heterocycles. The van der Waals surface area contributed by atoms with E-state index in [0.717, 1.165) is 11.1 Å². The van der Waals surface area contributed by atoms with Crippen LogP contribution in [0.2, 0.25) is 0 Å². The van der Waals surface area contributed by atoms with E-state index in [1.54, 1.807) is 13.2 Å². The maximum atomic E-state index is 12.2. The van der Waals surface area contributed by atoms with Crippen LogP contribution in [-0.4, -0.2) is 12.6 Å². The summed E-state index contributed by atoms with van der Waals surface area (Å²) in [4.78, 5) is 12.2. The average Bonchev–Trinajstić information content (AvgIpc) is 2.56. The predicted octanol–water partition coefficient (Wildman–Crippen LogP) is 3.51. The molecule has 4 heteroatoms. The molecule has 0 aromatic heterocycles. The third-order valence-corrected chi connectivity index (χ3v) is 2.96. The largest absolute Gasteiger partial charge is 0.460 e. The first-order valence-corrected chi connectivity index (χ1v) is 6.86. The number of nitriles is 1. The molecule has 2 aromatic carbocycles. The Morgan fingerprint density at radius 2 is 1.50 bits per heavy atom. The van der Waals surface area contributed by atoms with Crippen LogP contribution >= 0.6 is 0 Å². The summed E-state index contributed by atoms with van der Waals surface area (Å²) < 4.78 is 9.95. The van der Waals surface area contributed by atoms with Gasteiger partial charge < -0.3 is 9.47 Å². The molecule has 0 saturated carbocycles. The normalized spacial score (nSPS) is 9.45. The molecule has 2 aromatic rings. The van der Waals surface area contributed by atoms with Gasteiger partial charge in [0.05, 0.1) is 6.61 Å². The highest BCUT2D eigenvalue weighted by Crippen LogP contribution is 2.28. The summed E-state index contributed by atoms with van der Waals surface area (Å²) in [5.74, 6) is -0.770. The number of benzene rings is 2. The van der Waals surface area contributed by atoms with Gasteiger partial charge in [-0.25, -0.2) is 4.79 Å². The van der Waals surface area contributed by atoms with Crippen LogP contribution < -0.4 is 0 Å². The maximum Gasteiger partial charge on any atom is 0.376 e. The van der Waals surface area contributed by atoms with Crippen molar-refractivity contribution in [2.24, 2.45) is 0 Å². The lowest BCUT2D eigenvalue weighted by Gasteiger charge is -2.12. The van der Waals surface area contributed by atoms with Crippen LogP contribution in [-0.2, 0) is 14.3 Å². The van der Waals surface area contributed by atoms with Gasteiger partial charge in [0.2, 0.25) is 5.76 Å². The maximum absolute atomic E-state index is 12.2. The zero-order chi connectivity index (χ0) is 15.8. The van der Waals surface area contributed by atoms with E-state index in [0.29, 0.717) is 5.57 Å². The van der Waals surface area contributed by atoms with Crippen molar-refractivity contribution < 1.29 is 14.3 Å². The molecule has 110 valence electrons. The zero-order valence-electron chi connectivity index (χ0n) is 12.2. The van der Waals surface area contributed by atoms with Crippen molar-refractivity contribution in [3.05, 3.63) is 77.5 Å². The Hall–Kier alpha value is -3.06. The van der Waals surface area contributed by atoms with Crippen LogP contribution in [0, 0.1) is 11.5 Å². The SMILES string of the molecule is CCOC(=O)C(OC#N)=C(c1ccccc1)c1ccccc1. The van der Waals surface area contributed by atoms with Crippen LogP contribution in [0.1, 0.15) is 18.1 Å². The van der Waals surface area contributed by atoms with Crippen LogP contribution in [0.5, 0.6) is 0 Å². The zero-order valence-corrected chi connectivity index (χ0v) is 12.2. The van der Waals surface area contributed by atoms with E-state index in [1.807, 2.05) is 60.7 Å². The second-order valence-corrected chi connectivity index (χ2v) is 4.35. The van der Waals surface area contributed by atoms with Gasteiger partial charge in [-0.3, -0.25) is 0 Å². The van der Waals surface area contributed by atoms with Crippen molar-refractivity contribution in [3.8, 4) is 6.26 Å². The fourth-order valence-corrected chi connectivity index (χ4v) is 2.08. The van der Waals surface area contributed by atoms with E-state index in [1.165, 1.54) is 0 Å². The van der Waals surface area contributed by atoms with Crippen molar-refractivity contribution in [3.63, 3.8) is 0 Å². The van der Waals surface area contributed by atoms with Crippen LogP contribution in [0.4, 0.5) is 0 Å². The first kappa shape index (κ1) is 15.3. The fourth-order valence-electron chi connectivity index (χ4n) is 2.08. The van der Waals surface area contributed by atoms with Crippen molar-refractivity contribution in [2.75, 3.05) is 6.61 Å². The van der Waals surface area contributed by atoms with Gasteiger partial charge in [0, 0.05) is 5.57 Å².